The smallest absolute Gasteiger partial charge is 0.337 e. The molecule has 0 atom stereocenters. The lowest BCUT2D eigenvalue weighted by molar-refractivity contribution is 0.0697. The number of hydrogen-bond acceptors (Lipinski definition) is 5. The second-order valence-corrected chi connectivity index (χ2v) is 6.26. The van der Waals surface area contributed by atoms with Gasteiger partial charge in [0.25, 0.3) is 0 Å². The van der Waals surface area contributed by atoms with E-state index in [9.17, 15) is 19.6 Å². The van der Waals surface area contributed by atoms with Crippen LogP contribution in [-0.2, 0) is 7.05 Å². The Bertz CT molecular complexity index is 1190. The highest BCUT2D eigenvalue weighted by Crippen LogP contribution is 2.32. The predicted molar refractivity (Wildman–Crippen MR) is 108 cm³/mol. The lowest BCUT2D eigenvalue weighted by Crippen LogP contribution is -2.26. The first-order valence-electron chi connectivity index (χ1n) is 8.44. The average Bonchev–Trinajstić information content (AvgIpc) is 3.28. The van der Waals surface area contributed by atoms with E-state index in [1.807, 2.05) is 42.1 Å². The number of carboxylic acid groups (broad SMARTS) is 1. The Morgan fingerprint density at radius 1 is 1.28 bits per heavy atom. The second-order valence-electron chi connectivity index (χ2n) is 6.26. The van der Waals surface area contributed by atoms with Crippen LogP contribution in [-0.4, -0.2) is 43.7 Å². The normalized spacial score (nSPS) is 10.4. The lowest BCUT2D eigenvalue weighted by atomic mass is 10.1. The molecular formula is C19H18N6O4. The number of nitrogens with zero attached hydrogens (tertiary/aromatic N) is 4. The number of carbonyl (C=O) groups excluding carboxylic acids is 1. The maximum absolute atomic E-state index is 11.2. The van der Waals surface area contributed by atoms with Crippen molar-refractivity contribution in [2.75, 3.05) is 7.05 Å². The number of H-pyrrole nitrogens is 1. The van der Waals surface area contributed by atoms with Crippen molar-refractivity contribution in [3.8, 4) is 11.3 Å². The molecule has 4 aromatic rings. The van der Waals surface area contributed by atoms with Gasteiger partial charge in [-0.25, -0.2) is 14.6 Å². The third kappa shape index (κ3) is 3.90. The van der Waals surface area contributed by atoms with Crippen LogP contribution in [0.2, 0.25) is 0 Å². The number of carboxylic acids is 1. The molecule has 1 aromatic carbocycles. The van der Waals surface area contributed by atoms with Crippen LogP contribution < -0.4 is 5.73 Å². The number of benzene rings is 1. The van der Waals surface area contributed by atoms with Crippen molar-refractivity contribution in [1.82, 2.24) is 19.5 Å². The molecule has 0 bridgehead atoms. The summed E-state index contributed by atoms with van der Waals surface area (Å²) in [4.78, 5) is 37.9. The maximum atomic E-state index is 11.2. The molecule has 3 heterocycles. The third-order valence-corrected chi connectivity index (χ3v) is 4.36. The number of aryl methyl sites for hydroxylation is 1. The fraction of sp³-hybridized carbons (Fsp3) is 0.105. The van der Waals surface area contributed by atoms with E-state index in [2.05, 4.69) is 21.0 Å². The van der Waals surface area contributed by atoms with Gasteiger partial charge in [0.2, 0.25) is 0 Å². The van der Waals surface area contributed by atoms with Gasteiger partial charge in [0.05, 0.1) is 10.8 Å². The van der Waals surface area contributed by atoms with E-state index in [1.54, 1.807) is 18.3 Å². The van der Waals surface area contributed by atoms with Crippen molar-refractivity contribution in [1.29, 1.82) is 0 Å². The number of nitrogens with one attached hydrogen (secondary N) is 1. The Kier molecular flexibility index (Phi) is 5.26. The summed E-state index contributed by atoms with van der Waals surface area (Å²) in [6, 6.07) is 10.2. The van der Waals surface area contributed by atoms with E-state index in [0.717, 1.165) is 33.2 Å². The number of nitroso groups, excluding NO2 is 1. The maximum Gasteiger partial charge on any atom is 0.337 e. The van der Waals surface area contributed by atoms with E-state index in [1.165, 1.54) is 7.05 Å². The zero-order valence-corrected chi connectivity index (χ0v) is 15.7. The Balaban J connectivity index is 0.000000298. The number of urea groups is 1. The molecule has 4 rings (SSSR count). The van der Waals surface area contributed by atoms with Crippen LogP contribution >= 0.6 is 0 Å². The number of nitrogens with two attached hydrogens (primary N) is 1. The van der Waals surface area contributed by atoms with E-state index in [0.29, 0.717) is 5.01 Å². The molecule has 10 nitrogen and oxygen atoms in total. The first-order chi connectivity index (χ1) is 13.8. The molecular weight excluding hydrogens is 376 g/mol. The van der Waals surface area contributed by atoms with E-state index in [-0.39, 0.29) is 5.56 Å². The largest absolute Gasteiger partial charge is 0.478 e. The molecule has 3 aromatic heterocycles. The number of fused-ring (bicyclic) bond motifs is 2. The van der Waals surface area contributed by atoms with Gasteiger partial charge >= 0.3 is 12.0 Å². The van der Waals surface area contributed by atoms with Crippen molar-refractivity contribution in [2.45, 2.75) is 0 Å². The molecule has 0 spiro atoms. The fourth-order valence-corrected chi connectivity index (χ4v) is 2.88. The third-order valence-electron chi connectivity index (χ3n) is 4.36. The molecule has 29 heavy (non-hydrogen) atoms. The standard InChI is InChI=1S/C17H13N3O2.C2H5N3O2/c1-20-9-13(12-7-11(17(21)22)4-5-15(12)20)14-8-10-3-2-6-18-16(10)19-14;1-5(4-7)2(3)6/h2-9H,1H3,(H,18,19)(H,21,22);1H3,(H2,3,6). The molecule has 10 heteroatoms. The van der Waals surface area contributed by atoms with Crippen molar-refractivity contribution >= 4 is 33.9 Å². The average molecular weight is 394 g/mol. The summed E-state index contributed by atoms with van der Waals surface area (Å²) in [6.45, 7) is 0. The van der Waals surface area contributed by atoms with Crippen LogP contribution in [0.1, 0.15) is 10.4 Å². The summed E-state index contributed by atoms with van der Waals surface area (Å²) in [5, 5.41) is 13.8. The van der Waals surface area contributed by atoms with Gasteiger partial charge in [-0.1, -0.05) is 0 Å². The number of amides is 2. The fourth-order valence-electron chi connectivity index (χ4n) is 2.88. The van der Waals surface area contributed by atoms with Crippen molar-refractivity contribution in [2.24, 2.45) is 18.1 Å². The lowest BCUT2D eigenvalue weighted by Gasteiger charge is -1.99. The van der Waals surface area contributed by atoms with Gasteiger partial charge in [-0.15, -0.1) is 4.91 Å². The van der Waals surface area contributed by atoms with Crippen LogP contribution in [0.5, 0.6) is 0 Å². The van der Waals surface area contributed by atoms with Crippen LogP contribution in [0.25, 0.3) is 33.2 Å². The van der Waals surface area contributed by atoms with Gasteiger partial charge in [0, 0.05) is 54.0 Å². The number of primary amides is 1. The zero-order chi connectivity index (χ0) is 21.1. The Morgan fingerprint density at radius 3 is 2.62 bits per heavy atom. The van der Waals surface area contributed by atoms with Crippen LogP contribution in [0.3, 0.4) is 0 Å². The summed E-state index contributed by atoms with van der Waals surface area (Å²) in [6.07, 6.45) is 3.75. The molecule has 0 saturated carbocycles. The van der Waals surface area contributed by atoms with Gasteiger partial charge < -0.3 is 20.4 Å². The number of aromatic carboxylic acids is 1. The molecule has 0 aliphatic carbocycles. The first kappa shape index (κ1) is 19.5. The summed E-state index contributed by atoms with van der Waals surface area (Å²) in [5.41, 5.74) is 8.54. The summed E-state index contributed by atoms with van der Waals surface area (Å²) >= 11 is 0. The minimum Gasteiger partial charge on any atom is -0.478 e. The SMILES string of the molecule is CN(N=O)C(N)=O.Cn1cc(-c2cc3cccnc3[nH]2)c2cc(C(=O)O)ccc21. The Morgan fingerprint density at radius 2 is 2.03 bits per heavy atom. The molecule has 2 amide bonds. The van der Waals surface area contributed by atoms with E-state index < -0.39 is 12.0 Å². The summed E-state index contributed by atoms with van der Waals surface area (Å²) in [5.74, 6) is -0.921. The minimum atomic E-state index is -0.921. The number of pyridine rings is 1. The second kappa shape index (κ2) is 7.80. The summed E-state index contributed by atoms with van der Waals surface area (Å²) < 4.78 is 2.00. The minimum absolute atomic E-state index is 0.286. The molecule has 0 radical (unpaired) electrons. The highest BCUT2D eigenvalue weighted by atomic mass is 16.4. The van der Waals surface area contributed by atoms with Crippen LogP contribution in [0.15, 0.2) is 54.1 Å². The van der Waals surface area contributed by atoms with Crippen molar-refractivity contribution in [3.05, 3.63) is 59.3 Å². The van der Waals surface area contributed by atoms with Crippen LogP contribution in [0.4, 0.5) is 4.79 Å². The molecule has 148 valence electrons. The van der Waals surface area contributed by atoms with Crippen molar-refractivity contribution < 1.29 is 14.7 Å². The molecule has 0 saturated heterocycles. The topological polar surface area (TPSA) is 147 Å². The number of hydrogen-bond donors (Lipinski definition) is 3. The quantitative estimate of drug-likeness (QED) is 0.361. The van der Waals surface area contributed by atoms with Gasteiger partial charge in [0.1, 0.15) is 5.65 Å². The highest BCUT2D eigenvalue weighted by molar-refractivity contribution is 6.01. The molecule has 0 aliphatic heterocycles. The first-order valence-corrected chi connectivity index (χ1v) is 8.44. The van der Waals surface area contributed by atoms with Crippen LogP contribution in [0, 0.1) is 4.91 Å². The monoisotopic (exact) mass is 394 g/mol. The number of aromatic amines is 1. The van der Waals surface area contributed by atoms with Crippen molar-refractivity contribution in [3.63, 3.8) is 0 Å². The van der Waals surface area contributed by atoms with E-state index >= 15 is 0 Å². The Labute approximate surface area is 164 Å². The van der Waals surface area contributed by atoms with Gasteiger partial charge in [-0.2, -0.15) is 5.01 Å². The molecule has 0 aliphatic rings. The Hall–Kier alpha value is -4.21. The van der Waals surface area contributed by atoms with E-state index in [4.69, 9.17) is 0 Å². The summed E-state index contributed by atoms with van der Waals surface area (Å²) in [7, 11) is 3.13. The van der Waals surface area contributed by atoms with Gasteiger partial charge in [0.15, 0.2) is 0 Å². The molecule has 0 fully saturated rings. The number of carbonyl (C=O) groups is 2. The highest BCUT2D eigenvalue weighted by Gasteiger charge is 2.13. The zero-order valence-electron chi connectivity index (χ0n) is 15.7. The predicted octanol–water partition coefficient (Wildman–Crippen LogP) is 3.10. The number of rotatable bonds is 3. The number of aromatic nitrogens is 3. The molecule has 0 unspecified atom stereocenters. The van der Waals surface area contributed by atoms with Gasteiger partial charge in [-0.3, -0.25) is 0 Å². The van der Waals surface area contributed by atoms with Gasteiger partial charge in [-0.05, 0) is 36.4 Å². The molecule has 4 N–H and O–H groups in total.